The molecule has 6 nitrogen and oxygen atoms in total. The molecule has 0 aliphatic rings. The summed E-state index contributed by atoms with van der Waals surface area (Å²) in [6, 6.07) is 5.51. The molecule has 0 unspecified atom stereocenters. The second-order valence-corrected chi connectivity index (χ2v) is 4.65. The van der Waals surface area contributed by atoms with Crippen molar-refractivity contribution in [3.8, 4) is 5.82 Å². The lowest BCUT2D eigenvalue weighted by atomic mass is 10.1. The smallest absolute Gasteiger partial charge is 0.173 e. The van der Waals surface area contributed by atoms with Crippen molar-refractivity contribution < 1.29 is 5.21 Å². The van der Waals surface area contributed by atoms with Gasteiger partial charge >= 0.3 is 0 Å². The van der Waals surface area contributed by atoms with Crippen LogP contribution < -0.4 is 5.73 Å². The van der Waals surface area contributed by atoms with E-state index in [0.29, 0.717) is 17.3 Å². The van der Waals surface area contributed by atoms with E-state index >= 15 is 0 Å². The van der Waals surface area contributed by atoms with Crippen LogP contribution in [0, 0.1) is 6.92 Å². The number of pyridine rings is 1. The average molecular weight is 259 g/mol. The molecule has 2 aromatic rings. The van der Waals surface area contributed by atoms with Crippen LogP contribution in [0.3, 0.4) is 0 Å². The van der Waals surface area contributed by atoms with E-state index in [1.165, 1.54) is 0 Å². The molecular formula is C13H17N5O. The fraction of sp³-hybridized carbons (Fsp3) is 0.308. The Morgan fingerprint density at radius 1 is 1.37 bits per heavy atom. The third kappa shape index (κ3) is 2.57. The SMILES string of the molecule is Cc1ccc(/C(N)=N/O)c(-n2ccc(C(C)C)n2)n1. The van der Waals surface area contributed by atoms with Gasteiger partial charge in [0.25, 0.3) is 0 Å². The quantitative estimate of drug-likeness (QED) is 0.380. The van der Waals surface area contributed by atoms with E-state index in [9.17, 15) is 0 Å². The number of nitrogens with two attached hydrogens (primary N) is 1. The van der Waals surface area contributed by atoms with E-state index in [2.05, 4.69) is 29.1 Å². The van der Waals surface area contributed by atoms with Gasteiger partial charge in [0.1, 0.15) is 0 Å². The molecule has 2 aromatic heterocycles. The summed E-state index contributed by atoms with van der Waals surface area (Å²) in [5.41, 5.74) is 8.02. The van der Waals surface area contributed by atoms with Gasteiger partial charge in [-0.2, -0.15) is 5.10 Å². The molecule has 0 atom stereocenters. The van der Waals surface area contributed by atoms with Gasteiger partial charge in [0.05, 0.1) is 11.3 Å². The van der Waals surface area contributed by atoms with Gasteiger partial charge in [-0.15, -0.1) is 0 Å². The summed E-state index contributed by atoms with van der Waals surface area (Å²) in [5.74, 6) is 0.907. The van der Waals surface area contributed by atoms with E-state index < -0.39 is 0 Å². The van der Waals surface area contributed by atoms with Crippen LogP contribution in [0.2, 0.25) is 0 Å². The Bertz CT molecular complexity index is 615. The molecule has 0 fully saturated rings. The first-order valence-electron chi connectivity index (χ1n) is 6.04. The number of aromatic nitrogens is 3. The van der Waals surface area contributed by atoms with Crippen molar-refractivity contribution in [1.29, 1.82) is 0 Å². The van der Waals surface area contributed by atoms with Crippen LogP contribution in [0.1, 0.15) is 36.7 Å². The highest BCUT2D eigenvalue weighted by molar-refractivity contribution is 5.99. The third-order valence-electron chi connectivity index (χ3n) is 2.82. The molecule has 0 saturated carbocycles. The second-order valence-electron chi connectivity index (χ2n) is 4.65. The van der Waals surface area contributed by atoms with Gasteiger partial charge < -0.3 is 10.9 Å². The number of amidine groups is 1. The minimum absolute atomic E-state index is 0.0177. The van der Waals surface area contributed by atoms with Crippen LogP contribution in [0.25, 0.3) is 5.82 Å². The maximum Gasteiger partial charge on any atom is 0.173 e. The number of hydrogen-bond donors (Lipinski definition) is 2. The van der Waals surface area contributed by atoms with Gasteiger partial charge in [0, 0.05) is 11.9 Å². The molecule has 0 aliphatic carbocycles. The van der Waals surface area contributed by atoms with E-state index in [4.69, 9.17) is 10.9 Å². The Hall–Kier alpha value is -2.37. The lowest BCUT2D eigenvalue weighted by Gasteiger charge is -2.08. The molecule has 100 valence electrons. The molecule has 0 amide bonds. The van der Waals surface area contributed by atoms with Crippen LogP contribution in [0.5, 0.6) is 0 Å². The van der Waals surface area contributed by atoms with Crippen molar-refractivity contribution in [2.75, 3.05) is 0 Å². The Labute approximate surface area is 111 Å². The average Bonchev–Trinajstić information content (AvgIpc) is 2.87. The summed E-state index contributed by atoms with van der Waals surface area (Å²) in [7, 11) is 0. The fourth-order valence-electron chi connectivity index (χ4n) is 1.74. The number of hydrogen-bond acceptors (Lipinski definition) is 4. The summed E-state index contributed by atoms with van der Waals surface area (Å²) >= 11 is 0. The zero-order chi connectivity index (χ0) is 14.0. The van der Waals surface area contributed by atoms with Crippen LogP contribution in [0.15, 0.2) is 29.6 Å². The van der Waals surface area contributed by atoms with E-state index in [1.54, 1.807) is 10.7 Å². The third-order valence-corrected chi connectivity index (χ3v) is 2.82. The first-order valence-corrected chi connectivity index (χ1v) is 6.04. The van der Waals surface area contributed by atoms with E-state index in [-0.39, 0.29) is 5.84 Å². The molecule has 0 saturated heterocycles. The minimum Gasteiger partial charge on any atom is -0.409 e. The number of nitrogens with zero attached hydrogens (tertiary/aromatic N) is 4. The number of oxime groups is 1. The van der Waals surface area contributed by atoms with E-state index in [1.807, 2.05) is 25.3 Å². The van der Waals surface area contributed by atoms with Crippen LogP contribution in [-0.2, 0) is 0 Å². The monoisotopic (exact) mass is 259 g/mol. The fourth-order valence-corrected chi connectivity index (χ4v) is 1.74. The topological polar surface area (TPSA) is 89.3 Å². The molecule has 19 heavy (non-hydrogen) atoms. The molecule has 3 N–H and O–H groups in total. The van der Waals surface area contributed by atoms with Crippen LogP contribution >= 0.6 is 0 Å². The van der Waals surface area contributed by atoms with Gasteiger partial charge in [-0.3, -0.25) is 0 Å². The maximum absolute atomic E-state index is 8.83. The Morgan fingerprint density at radius 3 is 2.68 bits per heavy atom. The largest absolute Gasteiger partial charge is 0.409 e. The first kappa shape index (κ1) is 13.1. The second kappa shape index (κ2) is 5.09. The van der Waals surface area contributed by atoms with Gasteiger partial charge in [0.15, 0.2) is 11.7 Å². The molecule has 6 heteroatoms. The van der Waals surface area contributed by atoms with Crippen molar-refractivity contribution in [2.45, 2.75) is 26.7 Å². The normalized spacial score (nSPS) is 12.1. The summed E-state index contributed by atoms with van der Waals surface area (Å²) in [5, 5.41) is 16.3. The summed E-state index contributed by atoms with van der Waals surface area (Å²) in [6.07, 6.45) is 1.82. The minimum atomic E-state index is 0.0177. The Morgan fingerprint density at radius 2 is 2.11 bits per heavy atom. The van der Waals surface area contributed by atoms with Crippen LogP contribution in [-0.4, -0.2) is 25.8 Å². The summed E-state index contributed by atoms with van der Waals surface area (Å²) in [4.78, 5) is 4.41. The lowest BCUT2D eigenvalue weighted by molar-refractivity contribution is 0.318. The van der Waals surface area contributed by atoms with Gasteiger partial charge in [-0.05, 0) is 31.0 Å². The molecule has 2 rings (SSSR count). The molecule has 0 radical (unpaired) electrons. The Balaban J connectivity index is 2.56. The summed E-state index contributed by atoms with van der Waals surface area (Å²) in [6.45, 7) is 6.02. The highest BCUT2D eigenvalue weighted by Gasteiger charge is 2.13. The maximum atomic E-state index is 8.83. The van der Waals surface area contributed by atoms with Crippen LogP contribution in [0.4, 0.5) is 0 Å². The van der Waals surface area contributed by atoms with Crippen molar-refractivity contribution >= 4 is 5.84 Å². The molecule has 0 bridgehead atoms. The predicted molar refractivity (Wildman–Crippen MR) is 72.7 cm³/mol. The molecule has 0 spiro atoms. The molecule has 0 aliphatic heterocycles. The number of rotatable bonds is 3. The molecular weight excluding hydrogens is 242 g/mol. The lowest BCUT2D eigenvalue weighted by Crippen LogP contribution is -2.18. The van der Waals surface area contributed by atoms with Crippen molar-refractivity contribution in [3.63, 3.8) is 0 Å². The van der Waals surface area contributed by atoms with Gasteiger partial charge in [0.2, 0.25) is 0 Å². The van der Waals surface area contributed by atoms with Crippen molar-refractivity contribution in [1.82, 2.24) is 14.8 Å². The first-order chi connectivity index (χ1) is 9.02. The van der Waals surface area contributed by atoms with Crippen molar-refractivity contribution in [3.05, 3.63) is 41.3 Å². The molecule has 0 aromatic carbocycles. The van der Waals surface area contributed by atoms with Gasteiger partial charge in [-0.25, -0.2) is 9.67 Å². The zero-order valence-electron chi connectivity index (χ0n) is 11.2. The number of aryl methyl sites for hydroxylation is 1. The summed E-state index contributed by atoms with van der Waals surface area (Å²) < 4.78 is 1.65. The molecule has 2 heterocycles. The highest BCUT2D eigenvalue weighted by Crippen LogP contribution is 2.16. The van der Waals surface area contributed by atoms with E-state index in [0.717, 1.165) is 11.4 Å². The van der Waals surface area contributed by atoms with Crippen molar-refractivity contribution in [2.24, 2.45) is 10.9 Å². The zero-order valence-corrected chi connectivity index (χ0v) is 11.2. The standard InChI is InChI=1S/C13H17N5O/c1-8(2)11-6-7-18(16-11)13-10(12(14)17-19)5-4-9(3)15-13/h4-8,19H,1-3H3,(H2,14,17). The predicted octanol–water partition coefficient (Wildman–Crippen LogP) is 1.79. The Kier molecular flexibility index (Phi) is 3.50. The highest BCUT2D eigenvalue weighted by atomic mass is 16.4. The van der Waals surface area contributed by atoms with Gasteiger partial charge in [-0.1, -0.05) is 19.0 Å².